The number of ether oxygens (including phenoxy) is 3. The molecular formula is C35H59N7O11S. The van der Waals surface area contributed by atoms with Crippen LogP contribution in [-0.4, -0.2) is 132 Å². The number of nitrogens with one attached hydrogen (secondary N) is 1. The summed E-state index contributed by atoms with van der Waals surface area (Å²) in [7, 11) is 4.91. The van der Waals surface area contributed by atoms with Crippen LogP contribution >= 0.6 is 12.0 Å². The number of aliphatic carboxylic acids is 2. The lowest BCUT2D eigenvalue weighted by Gasteiger charge is -2.46. The molecule has 0 radical (unpaired) electrons. The first-order valence-electron chi connectivity index (χ1n) is 19.4. The molecule has 19 heteroatoms. The van der Waals surface area contributed by atoms with Crippen molar-refractivity contribution in [3.05, 3.63) is 0 Å². The molecule has 0 heterocycles. The zero-order valence-corrected chi connectivity index (χ0v) is 32.3. The van der Waals surface area contributed by atoms with E-state index >= 15 is 0 Å². The minimum atomic E-state index is -0.843. The maximum atomic E-state index is 11.8. The van der Waals surface area contributed by atoms with Crippen LogP contribution in [0.15, 0.2) is 30.7 Å². The van der Waals surface area contributed by atoms with E-state index in [9.17, 15) is 19.8 Å². The first-order valence-corrected chi connectivity index (χ1v) is 20.2. The lowest BCUT2D eigenvalue weighted by atomic mass is 9.66. The summed E-state index contributed by atoms with van der Waals surface area (Å²) in [6.45, 7) is 0.395. The Kier molecular flexibility index (Phi) is 17.0. The van der Waals surface area contributed by atoms with Crippen LogP contribution < -0.4 is 5.32 Å². The Morgan fingerprint density at radius 3 is 2.00 bits per heavy atom. The van der Waals surface area contributed by atoms with E-state index in [1.54, 1.807) is 21.3 Å². The molecule has 15 unspecified atom stereocenters. The first kappa shape index (κ1) is 42.9. The molecule has 0 amide bonds. The van der Waals surface area contributed by atoms with Gasteiger partial charge in [-0.05, 0) is 76.0 Å². The highest BCUT2D eigenvalue weighted by Crippen LogP contribution is 2.46. The van der Waals surface area contributed by atoms with Crippen LogP contribution in [0.3, 0.4) is 0 Å². The standard InChI is InChI=1S/C35H59N7O11S/c1-49-28-16-23(9-10-25(28)36-12-11-32(43)44)38-37-22-8-7-19-14-31(54-53-52-48)33(34(45)24(19)15-22)42-41-27-18-29(50-2)26(17-30(27)51-3)40-39-21-6-4-5-20(13-21)35(46)47/h19-31,33-34,36,45,48H,4-18H2,1-3H3,(H,43,44)(H,46,47). The summed E-state index contributed by atoms with van der Waals surface area (Å²) in [5, 5.41) is 74.3. The fourth-order valence-electron chi connectivity index (χ4n) is 9.22. The molecule has 0 saturated heterocycles. The molecule has 0 aromatic heterocycles. The summed E-state index contributed by atoms with van der Waals surface area (Å²) in [5.74, 6) is -1.89. The Bertz CT molecular complexity index is 1290. The molecule has 5 rings (SSSR count). The third-order valence-electron chi connectivity index (χ3n) is 12.3. The summed E-state index contributed by atoms with van der Waals surface area (Å²) >= 11 is 0.930. The molecule has 15 atom stereocenters. The number of hydrogen-bond donors (Lipinski definition) is 5. The molecule has 5 saturated carbocycles. The lowest BCUT2D eigenvalue weighted by molar-refractivity contribution is -0.432. The van der Waals surface area contributed by atoms with Gasteiger partial charge in [-0.15, -0.1) is 4.33 Å². The van der Waals surface area contributed by atoms with E-state index in [4.69, 9.17) is 49.4 Å². The minimum absolute atomic E-state index is 0.0113. The van der Waals surface area contributed by atoms with Crippen LogP contribution in [0, 0.1) is 17.8 Å². The van der Waals surface area contributed by atoms with Crippen LogP contribution in [0.25, 0.3) is 0 Å². The monoisotopic (exact) mass is 785 g/mol. The number of azo groups is 3. The molecule has 306 valence electrons. The van der Waals surface area contributed by atoms with Gasteiger partial charge in [-0.3, -0.25) is 9.59 Å². The largest absolute Gasteiger partial charge is 0.481 e. The molecule has 5 aliphatic carbocycles. The van der Waals surface area contributed by atoms with E-state index in [-0.39, 0.29) is 78.1 Å². The molecule has 0 spiro atoms. The van der Waals surface area contributed by atoms with E-state index in [1.807, 2.05) is 0 Å². The van der Waals surface area contributed by atoms with Gasteiger partial charge in [0.2, 0.25) is 0 Å². The van der Waals surface area contributed by atoms with Gasteiger partial charge in [0.1, 0.15) is 6.04 Å². The molecular weight excluding hydrogens is 726 g/mol. The number of methoxy groups -OCH3 is 3. The van der Waals surface area contributed by atoms with Crippen molar-refractivity contribution in [1.29, 1.82) is 0 Å². The van der Waals surface area contributed by atoms with Gasteiger partial charge in [0.15, 0.2) is 0 Å². The predicted octanol–water partition coefficient (Wildman–Crippen LogP) is 4.90. The second kappa shape index (κ2) is 21.3. The molecule has 5 fully saturated rings. The highest BCUT2D eigenvalue weighted by Gasteiger charge is 2.48. The quantitative estimate of drug-likeness (QED) is 0.0570. The van der Waals surface area contributed by atoms with Crippen LogP contribution in [-0.2, 0) is 33.2 Å². The average molecular weight is 786 g/mol. The number of fused-ring (bicyclic) bond motifs is 1. The summed E-state index contributed by atoms with van der Waals surface area (Å²) in [6, 6.07) is -1.37. The predicted molar refractivity (Wildman–Crippen MR) is 194 cm³/mol. The van der Waals surface area contributed by atoms with Gasteiger partial charge < -0.3 is 34.8 Å². The second-order valence-electron chi connectivity index (χ2n) is 15.5. The Morgan fingerprint density at radius 2 is 1.35 bits per heavy atom. The van der Waals surface area contributed by atoms with Gasteiger partial charge in [-0.2, -0.15) is 30.7 Å². The SMILES string of the molecule is COC1CC(N=NC2C(SOOO)CC3CCC(N=NC4CCC(NCCC(=O)O)C(OC)C4)CC3C2O)C(OC)CC1N=NC1CCCC(C(=O)O)C1. The normalized spacial score (nSPS) is 40.6. The van der Waals surface area contributed by atoms with E-state index in [0.717, 1.165) is 50.6 Å². The van der Waals surface area contributed by atoms with E-state index in [1.165, 1.54) is 0 Å². The first-order chi connectivity index (χ1) is 26.1. The highest BCUT2D eigenvalue weighted by atomic mass is 32.2. The molecule has 0 aromatic carbocycles. The van der Waals surface area contributed by atoms with Gasteiger partial charge >= 0.3 is 11.9 Å². The van der Waals surface area contributed by atoms with Gasteiger partial charge in [-0.25, -0.2) is 5.26 Å². The maximum absolute atomic E-state index is 11.8. The van der Waals surface area contributed by atoms with Crippen molar-refractivity contribution in [2.45, 2.75) is 162 Å². The Balaban J connectivity index is 1.20. The molecule has 0 bridgehead atoms. The van der Waals surface area contributed by atoms with Gasteiger partial charge in [0, 0.05) is 58.8 Å². The fourth-order valence-corrected chi connectivity index (χ4v) is 10.0. The molecule has 18 nitrogen and oxygen atoms in total. The topological polar surface area (TPSA) is 247 Å². The van der Waals surface area contributed by atoms with Gasteiger partial charge in [0.25, 0.3) is 0 Å². The van der Waals surface area contributed by atoms with Crippen LogP contribution in [0.1, 0.15) is 89.9 Å². The van der Waals surface area contributed by atoms with Crippen molar-refractivity contribution in [3.8, 4) is 0 Å². The zero-order valence-electron chi connectivity index (χ0n) is 31.5. The molecule has 54 heavy (non-hydrogen) atoms. The van der Waals surface area contributed by atoms with Crippen molar-refractivity contribution in [3.63, 3.8) is 0 Å². The average Bonchev–Trinajstić information content (AvgIpc) is 3.18. The minimum Gasteiger partial charge on any atom is -0.481 e. The molecule has 5 aliphatic rings. The summed E-state index contributed by atoms with van der Waals surface area (Å²) in [4.78, 5) is 22.4. The number of carbonyl (C=O) groups is 2. The van der Waals surface area contributed by atoms with Crippen LogP contribution in [0.4, 0.5) is 0 Å². The molecule has 0 aliphatic heterocycles. The Labute approximate surface area is 320 Å². The number of hydrogen-bond acceptors (Lipinski definition) is 17. The highest BCUT2D eigenvalue weighted by molar-refractivity contribution is 7.95. The Morgan fingerprint density at radius 1 is 0.722 bits per heavy atom. The van der Waals surface area contributed by atoms with Crippen molar-refractivity contribution in [1.82, 2.24) is 5.32 Å². The maximum Gasteiger partial charge on any atom is 0.306 e. The number of rotatable bonds is 17. The smallest absolute Gasteiger partial charge is 0.306 e. The summed E-state index contributed by atoms with van der Waals surface area (Å²) < 4.78 is 22.3. The van der Waals surface area contributed by atoms with Crippen molar-refractivity contribution >= 4 is 24.0 Å². The lowest BCUT2D eigenvalue weighted by Crippen LogP contribution is -2.51. The number of aliphatic hydroxyl groups is 1. The van der Waals surface area contributed by atoms with Crippen LogP contribution in [0.2, 0.25) is 0 Å². The number of nitrogens with zero attached hydrogens (tertiary/aromatic N) is 6. The zero-order chi connectivity index (χ0) is 38.6. The Hall–Kier alpha value is -2.23. The van der Waals surface area contributed by atoms with Crippen molar-refractivity contribution in [2.75, 3.05) is 27.9 Å². The third kappa shape index (κ3) is 11.7. The van der Waals surface area contributed by atoms with E-state index < -0.39 is 30.0 Å². The van der Waals surface area contributed by atoms with E-state index in [0.29, 0.717) is 51.5 Å². The van der Waals surface area contributed by atoms with E-state index in [2.05, 4.69) is 20.6 Å². The third-order valence-corrected chi connectivity index (χ3v) is 13.1. The van der Waals surface area contributed by atoms with Crippen molar-refractivity contribution in [2.24, 2.45) is 48.4 Å². The molecule has 0 aromatic rings. The van der Waals surface area contributed by atoms with Crippen molar-refractivity contribution < 1.29 is 53.7 Å². The van der Waals surface area contributed by atoms with Gasteiger partial charge in [0.05, 0.1) is 72.2 Å². The fraction of sp³-hybridized carbons (Fsp3) is 0.943. The number of carboxylic acid groups (broad SMARTS) is 2. The number of carboxylic acids is 2. The van der Waals surface area contributed by atoms with Crippen LogP contribution in [0.5, 0.6) is 0 Å². The second-order valence-corrected chi connectivity index (χ2v) is 16.5. The van der Waals surface area contributed by atoms with Gasteiger partial charge in [-0.1, -0.05) is 11.5 Å². The summed E-state index contributed by atoms with van der Waals surface area (Å²) in [6.07, 6.45) is 7.64. The molecule has 5 N–H and O–H groups in total. The number of aliphatic hydroxyl groups excluding tert-OH is 1. The summed E-state index contributed by atoms with van der Waals surface area (Å²) in [5.41, 5.74) is 0.